The Balaban J connectivity index is 2.11. The number of amides is 1. The topological polar surface area (TPSA) is 71.2 Å². The fraction of sp³-hybridized carbons (Fsp3) is 0.538. The summed E-state index contributed by atoms with van der Waals surface area (Å²) in [6.07, 6.45) is 3.37. The van der Waals surface area contributed by atoms with Gasteiger partial charge in [-0.15, -0.1) is 0 Å². The standard InChI is InChI=1S/C13H19ClN4O/c1-8-4-3-5-9(2)18(8)17-13(19)10-6-11(14)16-12(15)7-10/h6-9H,3-5H2,1-2H3,(H2,15,16)(H,17,19). The molecule has 1 aromatic rings. The second kappa shape index (κ2) is 5.75. The first-order chi connectivity index (χ1) is 8.97. The van der Waals surface area contributed by atoms with E-state index < -0.39 is 0 Å². The summed E-state index contributed by atoms with van der Waals surface area (Å²) in [5.41, 5.74) is 8.97. The Hall–Kier alpha value is -1.33. The van der Waals surface area contributed by atoms with Crippen LogP contribution < -0.4 is 11.2 Å². The molecule has 19 heavy (non-hydrogen) atoms. The lowest BCUT2D eigenvalue weighted by Crippen LogP contribution is -2.54. The molecule has 0 spiro atoms. The normalized spacial score (nSPS) is 24.2. The smallest absolute Gasteiger partial charge is 0.265 e. The summed E-state index contributed by atoms with van der Waals surface area (Å²) in [5, 5.41) is 2.24. The zero-order valence-electron chi connectivity index (χ0n) is 11.2. The molecule has 0 bridgehead atoms. The van der Waals surface area contributed by atoms with Crippen molar-refractivity contribution in [3.63, 3.8) is 0 Å². The van der Waals surface area contributed by atoms with Crippen molar-refractivity contribution in [3.8, 4) is 0 Å². The first kappa shape index (κ1) is 14.1. The zero-order chi connectivity index (χ0) is 14.0. The van der Waals surface area contributed by atoms with E-state index in [1.54, 1.807) is 0 Å². The van der Waals surface area contributed by atoms with Crippen LogP contribution in [0.3, 0.4) is 0 Å². The van der Waals surface area contributed by atoms with Gasteiger partial charge < -0.3 is 5.73 Å². The van der Waals surface area contributed by atoms with E-state index in [4.69, 9.17) is 17.3 Å². The molecule has 0 saturated carbocycles. The molecule has 5 nitrogen and oxygen atoms in total. The summed E-state index contributed by atoms with van der Waals surface area (Å²) in [7, 11) is 0. The van der Waals surface area contributed by atoms with Gasteiger partial charge in [-0.1, -0.05) is 18.0 Å². The number of hydrogen-bond donors (Lipinski definition) is 2. The molecule has 0 aromatic carbocycles. The Kier molecular flexibility index (Phi) is 4.27. The Morgan fingerprint density at radius 2 is 2.05 bits per heavy atom. The zero-order valence-corrected chi connectivity index (χ0v) is 11.9. The third kappa shape index (κ3) is 3.36. The van der Waals surface area contributed by atoms with Crippen LogP contribution in [-0.4, -0.2) is 28.0 Å². The van der Waals surface area contributed by atoms with E-state index >= 15 is 0 Å². The average Bonchev–Trinajstić information content (AvgIpc) is 2.32. The number of nitrogen functional groups attached to an aromatic ring is 1. The summed E-state index contributed by atoms with van der Waals surface area (Å²) in [5.74, 6) is 0.0500. The molecule has 1 saturated heterocycles. The maximum atomic E-state index is 12.2. The van der Waals surface area contributed by atoms with Gasteiger partial charge in [0.05, 0.1) is 0 Å². The number of rotatable bonds is 2. The summed E-state index contributed by atoms with van der Waals surface area (Å²) < 4.78 is 0. The Morgan fingerprint density at radius 1 is 1.42 bits per heavy atom. The number of halogens is 1. The van der Waals surface area contributed by atoms with Crippen molar-refractivity contribution >= 4 is 23.3 Å². The van der Waals surface area contributed by atoms with Gasteiger partial charge in [0.1, 0.15) is 11.0 Å². The Bertz CT molecular complexity index is 449. The van der Waals surface area contributed by atoms with Crippen molar-refractivity contribution in [1.29, 1.82) is 0 Å². The summed E-state index contributed by atoms with van der Waals surface area (Å²) in [6.45, 7) is 4.23. The number of piperidine rings is 1. The van der Waals surface area contributed by atoms with Crippen molar-refractivity contribution in [2.45, 2.75) is 45.2 Å². The van der Waals surface area contributed by atoms with E-state index in [0.29, 0.717) is 17.6 Å². The van der Waals surface area contributed by atoms with E-state index in [1.165, 1.54) is 18.6 Å². The molecule has 1 fully saturated rings. The lowest BCUT2D eigenvalue weighted by Gasteiger charge is -2.38. The lowest BCUT2D eigenvalue weighted by molar-refractivity contribution is 0.0370. The minimum absolute atomic E-state index is 0.198. The highest BCUT2D eigenvalue weighted by Gasteiger charge is 2.26. The summed E-state index contributed by atoms with van der Waals surface area (Å²) in [4.78, 5) is 16.1. The Morgan fingerprint density at radius 3 is 2.63 bits per heavy atom. The van der Waals surface area contributed by atoms with Crippen LogP contribution in [0.1, 0.15) is 43.5 Å². The molecule has 104 valence electrons. The van der Waals surface area contributed by atoms with Crippen molar-refractivity contribution in [2.24, 2.45) is 0 Å². The van der Waals surface area contributed by atoms with Crippen LogP contribution in [-0.2, 0) is 0 Å². The van der Waals surface area contributed by atoms with Crippen LogP contribution in [0.15, 0.2) is 12.1 Å². The van der Waals surface area contributed by atoms with Crippen molar-refractivity contribution < 1.29 is 4.79 Å². The third-order valence-corrected chi connectivity index (χ3v) is 3.69. The molecule has 3 N–H and O–H groups in total. The predicted octanol–water partition coefficient (Wildman–Crippen LogP) is 2.22. The molecule has 1 amide bonds. The number of pyridine rings is 1. The highest BCUT2D eigenvalue weighted by Crippen LogP contribution is 2.21. The van der Waals surface area contributed by atoms with Crippen LogP contribution in [0.2, 0.25) is 5.15 Å². The predicted molar refractivity (Wildman–Crippen MR) is 75.7 cm³/mol. The van der Waals surface area contributed by atoms with E-state index in [1.807, 2.05) is 5.01 Å². The number of carbonyl (C=O) groups excluding carboxylic acids is 1. The quantitative estimate of drug-likeness (QED) is 0.816. The SMILES string of the molecule is CC1CCCC(C)N1NC(=O)c1cc(N)nc(Cl)c1. The molecule has 1 aliphatic heterocycles. The number of carbonyl (C=O) groups is 1. The highest BCUT2D eigenvalue weighted by molar-refractivity contribution is 6.29. The van der Waals surface area contributed by atoms with Crippen LogP contribution in [0.5, 0.6) is 0 Å². The largest absolute Gasteiger partial charge is 0.384 e. The van der Waals surface area contributed by atoms with Gasteiger partial charge in [-0.25, -0.2) is 9.99 Å². The first-order valence-corrected chi connectivity index (χ1v) is 6.87. The van der Waals surface area contributed by atoms with Gasteiger partial charge in [0.15, 0.2) is 0 Å². The van der Waals surface area contributed by atoms with Gasteiger partial charge in [-0.3, -0.25) is 10.2 Å². The minimum atomic E-state index is -0.198. The molecule has 2 unspecified atom stereocenters. The number of aromatic nitrogens is 1. The summed E-state index contributed by atoms with van der Waals surface area (Å²) in [6, 6.07) is 3.72. The van der Waals surface area contributed by atoms with Gasteiger partial charge in [0.2, 0.25) is 0 Å². The molecular formula is C13H19ClN4O. The minimum Gasteiger partial charge on any atom is -0.384 e. The molecule has 2 atom stereocenters. The molecule has 2 heterocycles. The molecule has 1 aliphatic rings. The fourth-order valence-corrected chi connectivity index (χ4v) is 2.69. The lowest BCUT2D eigenvalue weighted by atomic mass is 10.00. The molecule has 2 rings (SSSR count). The number of nitrogens with two attached hydrogens (primary N) is 1. The van der Waals surface area contributed by atoms with Gasteiger partial charge in [0, 0.05) is 17.6 Å². The van der Waals surface area contributed by atoms with Crippen LogP contribution >= 0.6 is 11.6 Å². The number of anilines is 1. The summed E-state index contributed by atoms with van der Waals surface area (Å²) >= 11 is 5.81. The van der Waals surface area contributed by atoms with E-state index in [0.717, 1.165) is 12.8 Å². The average molecular weight is 283 g/mol. The number of hydrazine groups is 1. The van der Waals surface area contributed by atoms with Gasteiger partial charge in [-0.05, 0) is 38.8 Å². The van der Waals surface area contributed by atoms with Crippen molar-refractivity contribution in [2.75, 3.05) is 5.73 Å². The number of nitrogens with zero attached hydrogens (tertiary/aromatic N) is 2. The highest BCUT2D eigenvalue weighted by atomic mass is 35.5. The molecule has 1 aromatic heterocycles. The molecule has 0 radical (unpaired) electrons. The second-order valence-electron chi connectivity index (χ2n) is 5.08. The Labute approximate surface area is 118 Å². The van der Waals surface area contributed by atoms with Gasteiger partial charge in [0.25, 0.3) is 5.91 Å². The van der Waals surface area contributed by atoms with Crippen LogP contribution in [0.4, 0.5) is 5.82 Å². The second-order valence-corrected chi connectivity index (χ2v) is 5.47. The van der Waals surface area contributed by atoms with Gasteiger partial charge in [-0.2, -0.15) is 0 Å². The van der Waals surface area contributed by atoms with Gasteiger partial charge >= 0.3 is 0 Å². The van der Waals surface area contributed by atoms with Crippen LogP contribution in [0, 0.1) is 0 Å². The molecular weight excluding hydrogens is 264 g/mol. The first-order valence-electron chi connectivity index (χ1n) is 6.49. The maximum Gasteiger partial charge on any atom is 0.265 e. The van der Waals surface area contributed by atoms with Crippen molar-refractivity contribution in [1.82, 2.24) is 15.4 Å². The number of hydrogen-bond acceptors (Lipinski definition) is 4. The van der Waals surface area contributed by atoms with E-state index in [9.17, 15) is 4.79 Å². The van der Waals surface area contributed by atoms with E-state index in [-0.39, 0.29) is 16.9 Å². The third-order valence-electron chi connectivity index (χ3n) is 3.50. The monoisotopic (exact) mass is 282 g/mol. The molecule has 0 aliphatic carbocycles. The van der Waals surface area contributed by atoms with E-state index in [2.05, 4.69) is 24.3 Å². The van der Waals surface area contributed by atoms with Crippen LogP contribution in [0.25, 0.3) is 0 Å². The fourth-order valence-electron chi connectivity index (χ4n) is 2.47. The van der Waals surface area contributed by atoms with Crippen molar-refractivity contribution in [3.05, 3.63) is 22.8 Å². The maximum absolute atomic E-state index is 12.2. The number of nitrogens with one attached hydrogen (secondary N) is 1. The molecule has 6 heteroatoms.